The summed E-state index contributed by atoms with van der Waals surface area (Å²) in [6, 6.07) is 0. The molecule has 0 rings (SSSR count). The fraction of sp³-hybridized carbons (Fsp3) is 0.667. The first-order valence-corrected chi connectivity index (χ1v) is 1.22. The molecule has 0 unspecified atom stereocenters. The third-order valence-electron chi connectivity index (χ3n) is 0. The maximum atomic E-state index is 7.97. The average Bonchev–Trinajstić information content (AvgIpc) is 0.811. The van der Waals surface area contributed by atoms with Gasteiger partial charge in [-0.2, -0.15) is 13.8 Å². The first-order chi connectivity index (χ1) is 1.73. The van der Waals surface area contributed by atoms with Crippen molar-refractivity contribution in [1.82, 2.24) is 0 Å². The van der Waals surface area contributed by atoms with Crippen LogP contribution < -0.4 is 0 Å². The fourth-order valence-electron chi connectivity index (χ4n) is 0. The molecule has 0 aliphatic heterocycles. The molecule has 0 atom stereocenters. The quantitative estimate of drug-likeness (QED) is 0.508. The third kappa shape index (κ3) is 61.7. The molecule has 0 fully saturated rings. The largest absolute Gasteiger partial charge is 0.563 e. The van der Waals surface area contributed by atoms with Crippen LogP contribution in [0.4, 0.5) is 0 Å². The van der Waals surface area contributed by atoms with Gasteiger partial charge in [-0.05, 0) is 0 Å². The molecule has 0 spiro atoms. The second kappa shape index (κ2) is 9.53. The molecule has 0 amide bonds. The minimum atomic E-state index is 0. The van der Waals surface area contributed by atoms with Crippen molar-refractivity contribution in [2.75, 3.05) is 0 Å². The van der Waals surface area contributed by atoms with Gasteiger partial charge in [0.05, 0.1) is 0 Å². The van der Waals surface area contributed by atoms with Crippen molar-refractivity contribution in [3.63, 3.8) is 0 Å². The van der Waals surface area contributed by atoms with Gasteiger partial charge in [0.1, 0.15) is 0 Å². The van der Waals surface area contributed by atoms with Crippen LogP contribution in [0.25, 0.3) is 0 Å². The summed E-state index contributed by atoms with van der Waals surface area (Å²) in [4.78, 5) is 0. The smallest absolute Gasteiger partial charge is 0 e. The summed E-state index contributed by atoms with van der Waals surface area (Å²) in [5.41, 5.74) is 0. The van der Waals surface area contributed by atoms with Crippen LogP contribution >= 0.6 is 0 Å². The molecule has 0 aliphatic rings. The monoisotopic (exact) mass is 354 g/mol. The van der Waals surface area contributed by atoms with E-state index in [1.807, 2.05) is 0 Å². The molecule has 6 heavy (non-hydrogen) atoms. The molecule has 1 N–H and O–H groups in total. The van der Waals surface area contributed by atoms with Crippen LogP contribution in [0.2, 0.25) is 0 Å². The van der Waals surface area contributed by atoms with Gasteiger partial charge in [0, 0.05) is 39.6 Å². The van der Waals surface area contributed by atoms with Crippen molar-refractivity contribution in [3.8, 4) is 0 Å². The Hall–Kier alpha value is 1.23. The van der Waals surface area contributed by atoms with Crippen molar-refractivity contribution in [1.29, 1.82) is 0 Å². The van der Waals surface area contributed by atoms with E-state index in [1.165, 1.54) is 0 Å². The van der Waals surface area contributed by atoms with Crippen LogP contribution in [-0.2, 0) is 39.6 Å². The molecular formula is C3H7IrORu-. The predicted molar refractivity (Wildman–Crippen MR) is 16.5 cm³/mol. The van der Waals surface area contributed by atoms with Gasteiger partial charge < -0.3 is 5.11 Å². The van der Waals surface area contributed by atoms with Gasteiger partial charge in [-0.3, -0.25) is 0 Å². The number of aliphatic hydroxyl groups is 1. The molecule has 1 radical (unpaired) electrons. The Bertz CT molecular complexity index is 15.5. The van der Waals surface area contributed by atoms with Crippen molar-refractivity contribution < 1.29 is 44.7 Å². The van der Waals surface area contributed by atoms with E-state index in [0.29, 0.717) is 6.10 Å². The molecule has 1 nitrogen and oxygen atoms in total. The summed E-state index contributed by atoms with van der Waals surface area (Å²) in [6.07, 6.45) is 0.417. The molecule has 0 bridgehead atoms. The van der Waals surface area contributed by atoms with Gasteiger partial charge in [-0.1, -0.05) is 0 Å². The summed E-state index contributed by atoms with van der Waals surface area (Å²) in [7, 11) is 0. The van der Waals surface area contributed by atoms with Crippen LogP contribution in [0.1, 0.15) is 13.8 Å². The molecule has 0 aromatic heterocycles. The Kier molecular flexibility index (Phi) is 24.9. The van der Waals surface area contributed by atoms with E-state index in [0.717, 1.165) is 0 Å². The van der Waals surface area contributed by atoms with E-state index >= 15 is 0 Å². The normalized spacial score (nSPS) is 6.00. The first-order valence-electron chi connectivity index (χ1n) is 1.22. The standard InChI is InChI=1S/C3H7O.Ir.Ru/c1-3(2)4;;/h4H,1-2H3;;/q-1;;. The third-order valence-corrected chi connectivity index (χ3v) is 0. The summed E-state index contributed by atoms with van der Waals surface area (Å²) < 4.78 is 0. The Morgan fingerprint density at radius 3 is 1.33 bits per heavy atom. The van der Waals surface area contributed by atoms with E-state index in [2.05, 4.69) is 0 Å². The molecule has 0 heterocycles. The SMILES string of the molecule is C[C-](C)O.[Ir].[Ru]. The van der Waals surface area contributed by atoms with Gasteiger partial charge in [0.25, 0.3) is 0 Å². The molecule has 0 aromatic rings. The summed E-state index contributed by atoms with van der Waals surface area (Å²) >= 11 is 0. The Labute approximate surface area is 64.6 Å². The minimum Gasteiger partial charge on any atom is -0.563 e. The van der Waals surface area contributed by atoms with Gasteiger partial charge in [-0.15, -0.1) is 0 Å². The Morgan fingerprint density at radius 1 is 1.33 bits per heavy atom. The minimum absolute atomic E-state index is 0. The molecule has 0 aromatic carbocycles. The first kappa shape index (κ1) is 15.7. The summed E-state index contributed by atoms with van der Waals surface area (Å²) in [5, 5.41) is 7.97. The van der Waals surface area contributed by atoms with Gasteiger partial charge >= 0.3 is 0 Å². The van der Waals surface area contributed by atoms with Crippen LogP contribution in [-0.4, -0.2) is 5.11 Å². The van der Waals surface area contributed by atoms with Crippen LogP contribution in [0.15, 0.2) is 0 Å². The Morgan fingerprint density at radius 2 is 1.33 bits per heavy atom. The summed E-state index contributed by atoms with van der Waals surface area (Å²) in [5.74, 6) is 0. The molecular weight excluding hydrogens is 345 g/mol. The van der Waals surface area contributed by atoms with E-state index in [9.17, 15) is 0 Å². The van der Waals surface area contributed by atoms with Gasteiger partial charge in [0.2, 0.25) is 0 Å². The van der Waals surface area contributed by atoms with Crippen molar-refractivity contribution in [3.05, 3.63) is 6.10 Å². The predicted octanol–water partition coefficient (Wildman–Crippen LogP) is 0.926. The Balaban J connectivity index is -0.0000000450. The maximum absolute atomic E-state index is 7.97. The van der Waals surface area contributed by atoms with E-state index < -0.39 is 0 Å². The van der Waals surface area contributed by atoms with Crippen molar-refractivity contribution >= 4 is 0 Å². The molecule has 0 saturated carbocycles. The number of hydrogen-bond acceptors (Lipinski definition) is 1. The zero-order valence-electron chi connectivity index (χ0n) is 3.63. The summed E-state index contributed by atoms with van der Waals surface area (Å²) in [6.45, 7) is 3.28. The van der Waals surface area contributed by atoms with Crippen LogP contribution in [0.5, 0.6) is 0 Å². The van der Waals surface area contributed by atoms with Gasteiger partial charge in [-0.25, -0.2) is 6.10 Å². The maximum Gasteiger partial charge on any atom is 0 e. The fourth-order valence-corrected chi connectivity index (χ4v) is 0. The second-order valence-corrected chi connectivity index (χ2v) is 0.947. The molecule has 0 aliphatic carbocycles. The molecule has 3 heteroatoms. The molecule has 43 valence electrons. The van der Waals surface area contributed by atoms with Crippen molar-refractivity contribution in [2.45, 2.75) is 13.8 Å². The number of aliphatic hydroxyl groups excluding tert-OH is 1. The second-order valence-electron chi connectivity index (χ2n) is 0.947. The average molecular weight is 352 g/mol. The zero-order valence-corrected chi connectivity index (χ0v) is 7.77. The number of rotatable bonds is 0. The van der Waals surface area contributed by atoms with Crippen LogP contribution in [0, 0.1) is 6.10 Å². The number of hydrogen-bond donors (Lipinski definition) is 1. The van der Waals surface area contributed by atoms with Gasteiger partial charge in [0.15, 0.2) is 0 Å². The van der Waals surface area contributed by atoms with E-state index in [4.69, 9.17) is 5.11 Å². The zero-order chi connectivity index (χ0) is 3.58. The van der Waals surface area contributed by atoms with Crippen molar-refractivity contribution in [2.24, 2.45) is 0 Å². The molecule has 0 saturated heterocycles. The topological polar surface area (TPSA) is 20.2 Å². The van der Waals surface area contributed by atoms with E-state index in [-0.39, 0.29) is 39.6 Å². The van der Waals surface area contributed by atoms with E-state index in [1.54, 1.807) is 13.8 Å². The van der Waals surface area contributed by atoms with Crippen LogP contribution in [0.3, 0.4) is 0 Å².